The zero-order chi connectivity index (χ0) is 15.5. The molecule has 1 rings (SSSR count). The predicted molar refractivity (Wildman–Crippen MR) is 86.6 cm³/mol. The minimum Gasteiger partial charge on any atom is -0.299 e. The van der Waals surface area contributed by atoms with Crippen molar-refractivity contribution < 1.29 is 14.4 Å². The van der Waals surface area contributed by atoms with Gasteiger partial charge in [-0.3, -0.25) is 14.4 Å². The number of carbonyl (C=O) groups excluding carboxylic acids is 3. The summed E-state index contributed by atoms with van der Waals surface area (Å²) in [6, 6.07) is 9.33. The van der Waals surface area contributed by atoms with Gasteiger partial charge in [0.1, 0.15) is 5.78 Å². The molecule has 3 nitrogen and oxygen atoms in total. The minimum atomic E-state index is -0.0113. The van der Waals surface area contributed by atoms with Crippen molar-refractivity contribution in [3.8, 4) is 0 Å². The Morgan fingerprint density at radius 2 is 1.52 bits per heavy atom. The smallest absolute Gasteiger partial charge is 0.186 e. The highest BCUT2D eigenvalue weighted by atomic mass is 32.2. The molecule has 21 heavy (non-hydrogen) atoms. The molecule has 0 saturated heterocycles. The minimum absolute atomic E-state index is 0.0113. The van der Waals surface area contributed by atoms with Gasteiger partial charge in [0.15, 0.2) is 10.9 Å². The fraction of sp³-hybridized carbons (Fsp3) is 0.471. The summed E-state index contributed by atoms with van der Waals surface area (Å²) >= 11 is 1.08. The summed E-state index contributed by atoms with van der Waals surface area (Å²) in [7, 11) is 0. The fourth-order valence-electron chi connectivity index (χ4n) is 1.98. The number of hydrogen-bond acceptors (Lipinski definition) is 4. The van der Waals surface area contributed by atoms with Crippen LogP contribution < -0.4 is 0 Å². The Morgan fingerprint density at radius 3 is 2.14 bits per heavy atom. The lowest BCUT2D eigenvalue weighted by Gasteiger charge is -2.02. The first-order valence-corrected chi connectivity index (χ1v) is 8.31. The molecule has 4 heteroatoms. The lowest BCUT2D eigenvalue weighted by molar-refractivity contribution is -0.117. The molecule has 0 spiro atoms. The highest BCUT2D eigenvalue weighted by molar-refractivity contribution is 8.14. The van der Waals surface area contributed by atoms with Crippen LogP contribution in [0.3, 0.4) is 0 Å². The van der Waals surface area contributed by atoms with Crippen LogP contribution >= 0.6 is 11.8 Å². The summed E-state index contributed by atoms with van der Waals surface area (Å²) in [6.07, 6.45) is 4.73. The maximum Gasteiger partial charge on any atom is 0.186 e. The predicted octanol–water partition coefficient (Wildman–Crippen LogP) is 4.06. The Morgan fingerprint density at radius 1 is 0.905 bits per heavy atom. The summed E-state index contributed by atoms with van der Waals surface area (Å²) in [4.78, 5) is 34.0. The van der Waals surface area contributed by atoms with E-state index in [2.05, 4.69) is 0 Å². The Hall–Kier alpha value is -1.42. The van der Waals surface area contributed by atoms with Gasteiger partial charge in [0.05, 0.1) is 5.75 Å². The van der Waals surface area contributed by atoms with E-state index in [0.29, 0.717) is 18.6 Å². The van der Waals surface area contributed by atoms with Gasteiger partial charge in [-0.05, 0) is 12.8 Å². The standard InChI is InChI=1S/C17H22O3S/c1-14(18)21-13-16(19)11-7-2-3-8-12-17(20)15-9-5-4-6-10-15/h4-6,9-10H,2-3,7-8,11-13H2,1H3. The van der Waals surface area contributed by atoms with E-state index >= 15 is 0 Å². The molecule has 0 unspecified atom stereocenters. The van der Waals surface area contributed by atoms with Gasteiger partial charge in [0.25, 0.3) is 0 Å². The van der Waals surface area contributed by atoms with Crippen LogP contribution in [-0.4, -0.2) is 22.4 Å². The summed E-state index contributed by atoms with van der Waals surface area (Å²) in [6.45, 7) is 1.47. The molecule has 0 bridgehead atoms. The maximum absolute atomic E-state index is 11.8. The lowest BCUT2D eigenvalue weighted by atomic mass is 10.0. The van der Waals surface area contributed by atoms with E-state index in [-0.39, 0.29) is 16.7 Å². The average Bonchev–Trinajstić information content (AvgIpc) is 2.49. The third-order valence-corrected chi connectivity index (χ3v) is 4.01. The van der Waals surface area contributed by atoms with Gasteiger partial charge in [-0.15, -0.1) is 0 Å². The number of Topliss-reactive ketones (excluding diaryl/α,β-unsaturated/α-hetero) is 2. The Labute approximate surface area is 130 Å². The highest BCUT2D eigenvalue weighted by Crippen LogP contribution is 2.11. The summed E-state index contributed by atoms with van der Waals surface area (Å²) in [5.74, 6) is 0.613. The molecule has 0 fully saturated rings. The highest BCUT2D eigenvalue weighted by Gasteiger charge is 2.06. The molecule has 1 aromatic rings. The van der Waals surface area contributed by atoms with Crippen LogP contribution in [0, 0.1) is 0 Å². The number of carbonyl (C=O) groups is 3. The summed E-state index contributed by atoms with van der Waals surface area (Å²) in [5.41, 5.74) is 0.772. The third kappa shape index (κ3) is 8.45. The van der Waals surface area contributed by atoms with Crippen LogP contribution in [0.25, 0.3) is 0 Å². The van der Waals surface area contributed by atoms with Crippen molar-refractivity contribution in [1.29, 1.82) is 0 Å². The first-order chi connectivity index (χ1) is 10.1. The van der Waals surface area contributed by atoms with Gasteiger partial charge >= 0.3 is 0 Å². The molecule has 0 radical (unpaired) electrons. The number of rotatable bonds is 10. The molecule has 0 aliphatic carbocycles. The van der Waals surface area contributed by atoms with Crippen molar-refractivity contribution in [1.82, 2.24) is 0 Å². The largest absolute Gasteiger partial charge is 0.299 e. The second-order valence-electron chi connectivity index (χ2n) is 5.02. The first-order valence-electron chi connectivity index (χ1n) is 7.33. The van der Waals surface area contributed by atoms with Crippen molar-refractivity contribution in [2.75, 3.05) is 5.75 Å². The maximum atomic E-state index is 11.8. The van der Waals surface area contributed by atoms with Crippen molar-refractivity contribution in [2.45, 2.75) is 45.4 Å². The van der Waals surface area contributed by atoms with Crippen LogP contribution in [0.15, 0.2) is 30.3 Å². The lowest BCUT2D eigenvalue weighted by Crippen LogP contribution is -2.03. The van der Waals surface area contributed by atoms with Crippen molar-refractivity contribution >= 4 is 28.4 Å². The number of benzene rings is 1. The van der Waals surface area contributed by atoms with Gasteiger partial charge in [-0.1, -0.05) is 54.9 Å². The molecule has 0 aliphatic rings. The summed E-state index contributed by atoms with van der Waals surface area (Å²) in [5, 5.41) is -0.0113. The van der Waals surface area contributed by atoms with E-state index in [1.165, 1.54) is 6.92 Å². The molecule has 0 heterocycles. The first kappa shape index (κ1) is 17.6. The van der Waals surface area contributed by atoms with Gasteiger partial charge < -0.3 is 0 Å². The van der Waals surface area contributed by atoms with Crippen LogP contribution in [0.2, 0.25) is 0 Å². The quantitative estimate of drug-likeness (QED) is 0.483. The van der Waals surface area contributed by atoms with Gasteiger partial charge in [-0.2, -0.15) is 0 Å². The molecular weight excluding hydrogens is 284 g/mol. The molecule has 0 atom stereocenters. The average molecular weight is 306 g/mol. The van der Waals surface area contributed by atoms with Crippen LogP contribution in [0.1, 0.15) is 55.8 Å². The molecule has 0 aliphatic heterocycles. The van der Waals surface area contributed by atoms with E-state index in [9.17, 15) is 14.4 Å². The van der Waals surface area contributed by atoms with Crippen LogP contribution in [-0.2, 0) is 9.59 Å². The molecule has 0 aromatic heterocycles. The van der Waals surface area contributed by atoms with E-state index in [1.807, 2.05) is 30.3 Å². The fourth-order valence-corrected chi connectivity index (χ4v) is 2.49. The monoisotopic (exact) mass is 306 g/mol. The second-order valence-corrected chi connectivity index (χ2v) is 6.17. The molecule has 1 aromatic carbocycles. The van der Waals surface area contributed by atoms with Gasteiger partial charge in [0.2, 0.25) is 0 Å². The Balaban J connectivity index is 2.03. The third-order valence-electron chi connectivity index (χ3n) is 3.14. The van der Waals surface area contributed by atoms with Crippen molar-refractivity contribution in [2.24, 2.45) is 0 Å². The zero-order valence-electron chi connectivity index (χ0n) is 12.5. The van der Waals surface area contributed by atoms with E-state index in [4.69, 9.17) is 0 Å². The number of hydrogen-bond donors (Lipinski definition) is 0. The molecule has 0 amide bonds. The number of ketones is 2. The molecule has 0 saturated carbocycles. The molecule has 114 valence electrons. The summed E-state index contributed by atoms with van der Waals surface area (Å²) < 4.78 is 0. The number of thioether (sulfide) groups is 1. The Bertz CT molecular complexity index is 468. The second kappa shape index (κ2) is 10.3. The molecular formula is C17H22O3S. The zero-order valence-corrected chi connectivity index (χ0v) is 13.3. The van der Waals surface area contributed by atoms with Crippen molar-refractivity contribution in [3.63, 3.8) is 0 Å². The molecule has 0 N–H and O–H groups in total. The van der Waals surface area contributed by atoms with E-state index < -0.39 is 0 Å². The van der Waals surface area contributed by atoms with Gasteiger partial charge in [-0.25, -0.2) is 0 Å². The number of unbranched alkanes of at least 4 members (excludes halogenated alkanes) is 3. The topological polar surface area (TPSA) is 51.2 Å². The van der Waals surface area contributed by atoms with Crippen molar-refractivity contribution in [3.05, 3.63) is 35.9 Å². The van der Waals surface area contributed by atoms with Crippen LogP contribution in [0.4, 0.5) is 0 Å². The SMILES string of the molecule is CC(=O)SCC(=O)CCCCCCC(=O)c1ccccc1. The normalized spacial score (nSPS) is 10.3. The van der Waals surface area contributed by atoms with E-state index in [0.717, 1.165) is 43.0 Å². The van der Waals surface area contributed by atoms with E-state index in [1.54, 1.807) is 0 Å². The van der Waals surface area contributed by atoms with Gasteiger partial charge in [0, 0.05) is 25.3 Å². The van der Waals surface area contributed by atoms with Crippen LogP contribution in [0.5, 0.6) is 0 Å². The Kier molecular flexibility index (Phi) is 8.67.